The maximum Gasteiger partial charge on any atom is 0.416 e. The summed E-state index contributed by atoms with van der Waals surface area (Å²) in [6.07, 6.45) is -2.99. The second-order valence-corrected chi connectivity index (χ2v) is 9.02. The number of hydrogen-bond donors (Lipinski definition) is 1. The summed E-state index contributed by atoms with van der Waals surface area (Å²) in [6.45, 7) is 2.58. The minimum absolute atomic E-state index is 0.00351. The number of amides is 1. The van der Waals surface area contributed by atoms with E-state index in [-0.39, 0.29) is 23.4 Å². The predicted molar refractivity (Wildman–Crippen MR) is 117 cm³/mol. The number of thioether (sulfide) groups is 1. The third-order valence-electron chi connectivity index (χ3n) is 5.40. The molecule has 0 unspecified atom stereocenters. The first-order chi connectivity index (χ1) is 15.7. The fourth-order valence-electron chi connectivity index (χ4n) is 3.71. The van der Waals surface area contributed by atoms with Crippen LogP contribution in [0.3, 0.4) is 0 Å². The topological polar surface area (TPSA) is 76.6 Å². The predicted octanol–water partition coefficient (Wildman–Crippen LogP) is 3.90. The number of carbonyl (C=O) groups is 1. The van der Waals surface area contributed by atoms with Crippen molar-refractivity contribution in [1.29, 1.82) is 0 Å². The van der Waals surface area contributed by atoms with Crippen LogP contribution in [0.1, 0.15) is 24.0 Å². The number of nitrogens with one attached hydrogen (secondary N) is 1. The Morgan fingerprint density at radius 1 is 1.18 bits per heavy atom. The van der Waals surface area contributed by atoms with E-state index in [0.29, 0.717) is 42.8 Å². The highest BCUT2D eigenvalue weighted by molar-refractivity contribution is 7.99. The quantitative estimate of drug-likeness (QED) is 0.365. The highest BCUT2D eigenvalue weighted by Crippen LogP contribution is 2.33. The van der Waals surface area contributed by atoms with Gasteiger partial charge in [0.25, 0.3) is 0 Å². The molecule has 0 bridgehead atoms. The molecule has 178 valence electrons. The molecule has 2 aliphatic rings. The fourth-order valence-corrected chi connectivity index (χ4v) is 4.62. The molecule has 2 fully saturated rings. The molecule has 1 aromatic carbocycles. The van der Waals surface area contributed by atoms with Crippen molar-refractivity contribution in [2.45, 2.75) is 36.5 Å². The molecule has 0 radical (unpaired) electrons. The van der Waals surface area contributed by atoms with Crippen molar-refractivity contribution < 1.29 is 27.4 Å². The Balaban J connectivity index is 1.30. The number of benzene rings is 1. The molecule has 2 saturated heterocycles. The summed E-state index contributed by atoms with van der Waals surface area (Å²) in [5.74, 6) is -0.181. The zero-order valence-electron chi connectivity index (χ0n) is 17.5. The molecule has 1 N–H and O–H groups in total. The van der Waals surface area contributed by atoms with E-state index in [1.165, 1.54) is 12.1 Å². The molecule has 33 heavy (non-hydrogen) atoms. The van der Waals surface area contributed by atoms with Crippen LogP contribution >= 0.6 is 23.4 Å². The first kappa shape index (κ1) is 24.1. The fraction of sp³-hybridized carbons (Fsp3) is 0.476. The number of anilines is 1. The second-order valence-electron chi connectivity index (χ2n) is 7.69. The number of rotatable bonds is 6. The zero-order valence-corrected chi connectivity index (χ0v) is 19.1. The summed E-state index contributed by atoms with van der Waals surface area (Å²) in [5, 5.41) is 3.23. The Labute approximate surface area is 198 Å². The van der Waals surface area contributed by atoms with Gasteiger partial charge in [-0.3, -0.25) is 4.79 Å². The molecule has 4 rings (SSSR count). The molecular weight excluding hydrogens is 481 g/mol. The van der Waals surface area contributed by atoms with E-state index in [1.807, 2.05) is 0 Å². The van der Waals surface area contributed by atoms with Crippen LogP contribution in [0.5, 0.6) is 0 Å². The van der Waals surface area contributed by atoms with Crippen LogP contribution < -0.4 is 10.2 Å². The van der Waals surface area contributed by atoms with E-state index >= 15 is 0 Å². The monoisotopic (exact) mass is 502 g/mol. The van der Waals surface area contributed by atoms with Crippen molar-refractivity contribution in [2.24, 2.45) is 0 Å². The molecular formula is C21H22ClF3N4O3S. The van der Waals surface area contributed by atoms with Crippen LogP contribution in [0.15, 0.2) is 35.5 Å². The maximum absolute atomic E-state index is 12.8. The molecule has 1 amide bonds. The molecule has 0 aliphatic carbocycles. The van der Waals surface area contributed by atoms with Gasteiger partial charge in [-0.1, -0.05) is 35.5 Å². The van der Waals surface area contributed by atoms with Gasteiger partial charge in [0.2, 0.25) is 5.91 Å². The Bertz CT molecular complexity index is 995. The summed E-state index contributed by atoms with van der Waals surface area (Å²) in [7, 11) is 0. The molecule has 2 aliphatic heterocycles. The van der Waals surface area contributed by atoms with Crippen molar-refractivity contribution in [1.82, 2.24) is 15.3 Å². The molecule has 2 aromatic rings. The summed E-state index contributed by atoms with van der Waals surface area (Å²) in [6, 6.07) is 6.52. The van der Waals surface area contributed by atoms with E-state index in [0.717, 1.165) is 36.7 Å². The summed E-state index contributed by atoms with van der Waals surface area (Å²) >= 11 is 7.27. The Morgan fingerprint density at radius 3 is 2.61 bits per heavy atom. The molecule has 0 saturated carbocycles. The molecule has 1 spiro atoms. The van der Waals surface area contributed by atoms with E-state index in [1.54, 1.807) is 6.07 Å². The number of ether oxygens (including phenoxy) is 2. The van der Waals surface area contributed by atoms with Gasteiger partial charge in [0.1, 0.15) is 11.0 Å². The van der Waals surface area contributed by atoms with Crippen molar-refractivity contribution in [3.63, 3.8) is 0 Å². The normalized spacial score (nSPS) is 18.0. The second kappa shape index (κ2) is 10.0. The van der Waals surface area contributed by atoms with Gasteiger partial charge >= 0.3 is 6.18 Å². The average molecular weight is 503 g/mol. The van der Waals surface area contributed by atoms with E-state index in [4.69, 9.17) is 21.1 Å². The standard InChI is InChI=1S/C21H22ClF3N4O3S/c22-16-11-17(29-6-4-20(5-7-29)31-8-9-32-20)28-19(27-16)33-13-18(30)26-12-14-2-1-3-15(10-14)21(23,24)25/h1-3,10-11H,4-9,12-13H2,(H,26,30). The van der Waals surface area contributed by atoms with Gasteiger partial charge in [-0.25, -0.2) is 9.97 Å². The van der Waals surface area contributed by atoms with Crippen LogP contribution in [0.2, 0.25) is 5.15 Å². The van der Waals surface area contributed by atoms with Crippen LogP contribution in [-0.2, 0) is 27.0 Å². The summed E-state index contributed by atoms with van der Waals surface area (Å²) in [4.78, 5) is 22.9. The van der Waals surface area contributed by atoms with Gasteiger partial charge < -0.3 is 19.7 Å². The Morgan fingerprint density at radius 2 is 1.91 bits per heavy atom. The van der Waals surface area contributed by atoms with E-state index < -0.39 is 17.5 Å². The Kier molecular flexibility index (Phi) is 7.32. The summed E-state index contributed by atoms with van der Waals surface area (Å²) < 4.78 is 50.0. The lowest BCUT2D eigenvalue weighted by molar-refractivity contribution is -0.169. The van der Waals surface area contributed by atoms with Gasteiger partial charge in [0, 0.05) is 38.5 Å². The van der Waals surface area contributed by atoms with Gasteiger partial charge in [0.15, 0.2) is 10.9 Å². The van der Waals surface area contributed by atoms with Crippen LogP contribution in [0.4, 0.5) is 19.0 Å². The highest BCUT2D eigenvalue weighted by Gasteiger charge is 2.40. The summed E-state index contributed by atoms with van der Waals surface area (Å²) in [5.41, 5.74) is -0.388. The third-order valence-corrected chi connectivity index (χ3v) is 6.44. The molecule has 1 aromatic heterocycles. The first-order valence-electron chi connectivity index (χ1n) is 10.4. The van der Waals surface area contributed by atoms with Crippen molar-refractivity contribution in [3.05, 3.63) is 46.6 Å². The lowest BCUT2D eigenvalue weighted by atomic mass is 10.0. The van der Waals surface area contributed by atoms with Crippen LogP contribution in [0.25, 0.3) is 0 Å². The average Bonchev–Trinajstić information content (AvgIpc) is 3.24. The lowest BCUT2D eigenvalue weighted by Crippen LogP contribution is -2.45. The minimum atomic E-state index is -4.43. The van der Waals surface area contributed by atoms with Crippen molar-refractivity contribution in [2.75, 3.05) is 37.0 Å². The van der Waals surface area contributed by atoms with E-state index in [9.17, 15) is 18.0 Å². The molecule has 12 heteroatoms. The number of piperidine rings is 1. The number of alkyl halides is 3. The number of halogens is 4. The number of aromatic nitrogens is 2. The largest absolute Gasteiger partial charge is 0.416 e. The van der Waals surface area contributed by atoms with Gasteiger partial charge in [-0.15, -0.1) is 0 Å². The molecule has 3 heterocycles. The van der Waals surface area contributed by atoms with Crippen molar-refractivity contribution in [3.8, 4) is 0 Å². The lowest BCUT2D eigenvalue weighted by Gasteiger charge is -2.38. The van der Waals surface area contributed by atoms with Crippen molar-refractivity contribution >= 4 is 35.1 Å². The zero-order chi connectivity index (χ0) is 23.5. The molecule has 7 nitrogen and oxygen atoms in total. The Hall–Kier alpha value is -2.08. The SMILES string of the molecule is O=C(CSc1nc(Cl)cc(N2CCC3(CC2)OCCO3)n1)NCc1cccc(C(F)(F)F)c1. The highest BCUT2D eigenvalue weighted by atomic mass is 35.5. The number of carbonyl (C=O) groups excluding carboxylic acids is 1. The van der Waals surface area contributed by atoms with Gasteiger partial charge in [-0.05, 0) is 17.7 Å². The minimum Gasteiger partial charge on any atom is -0.356 e. The first-order valence-corrected chi connectivity index (χ1v) is 11.7. The van der Waals surface area contributed by atoms with Crippen LogP contribution in [-0.4, -0.2) is 53.7 Å². The molecule has 0 atom stereocenters. The number of nitrogens with zero attached hydrogens (tertiary/aromatic N) is 3. The smallest absolute Gasteiger partial charge is 0.356 e. The van der Waals surface area contributed by atoms with Gasteiger partial charge in [-0.2, -0.15) is 13.2 Å². The maximum atomic E-state index is 12.8. The third kappa shape index (κ3) is 6.28. The van der Waals surface area contributed by atoms with E-state index in [2.05, 4.69) is 20.2 Å². The number of hydrogen-bond acceptors (Lipinski definition) is 7. The van der Waals surface area contributed by atoms with Gasteiger partial charge in [0.05, 0.1) is 24.5 Å². The van der Waals surface area contributed by atoms with Crippen LogP contribution in [0, 0.1) is 0 Å².